The van der Waals surface area contributed by atoms with Crippen molar-refractivity contribution in [3.63, 3.8) is 0 Å². The van der Waals surface area contributed by atoms with Crippen molar-refractivity contribution in [1.82, 2.24) is 4.98 Å². The highest BCUT2D eigenvalue weighted by molar-refractivity contribution is 5.38. The van der Waals surface area contributed by atoms with Gasteiger partial charge in [-0.15, -0.1) is 0 Å². The van der Waals surface area contributed by atoms with Crippen LogP contribution in [0.15, 0.2) is 54.7 Å². The van der Waals surface area contributed by atoms with Crippen LogP contribution in [0, 0.1) is 0 Å². The zero-order chi connectivity index (χ0) is 11.9. The van der Waals surface area contributed by atoms with Crippen molar-refractivity contribution in [1.29, 1.82) is 0 Å². The van der Waals surface area contributed by atoms with Crippen LogP contribution in [0.4, 0.5) is 5.82 Å². The van der Waals surface area contributed by atoms with Gasteiger partial charge in [0.2, 0.25) is 0 Å². The molecule has 0 fully saturated rings. The predicted molar refractivity (Wildman–Crippen MR) is 72.0 cm³/mol. The molecule has 0 bridgehead atoms. The molecule has 1 heterocycles. The maximum absolute atomic E-state index is 4.42. The van der Waals surface area contributed by atoms with Crippen LogP contribution in [0.5, 0.6) is 0 Å². The van der Waals surface area contributed by atoms with Gasteiger partial charge in [0, 0.05) is 19.3 Å². The molecule has 0 unspecified atom stereocenters. The van der Waals surface area contributed by atoms with E-state index in [0.717, 1.165) is 25.3 Å². The van der Waals surface area contributed by atoms with Gasteiger partial charge in [0.25, 0.3) is 0 Å². The summed E-state index contributed by atoms with van der Waals surface area (Å²) in [6.45, 7) is 4.15. The lowest BCUT2D eigenvalue weighted by atomic mass is 10.2. The van der Waals surface area contributed by atoms with Gasteiger partial charge in [-0.1, -0.05) is 43.3 Å². The van der Waals surface area contributed by atoms with E-state index in [-0.39, 0.29) is 0 Å². The number of nitrogens with zero attached hydrogens (tertiary/aromatic N) is 2. The molecule has 0 spiro atoms. The Hall–Kier alpha value is -1.83. The van der Waals surface area contributed by atoms with Gasteiger partial charge in [0.05, 0.1) is 0 Å². The first-order valence-corrected chi connectivity index (χ1v) is 6.10. The van der Waals surface area contributed by atoms with Crippen molar-refractivity contribution >= 4 is 5.82 Å². The average Bonchev–Trinajstić information content (AvgIpc) is 2.40. The van der Waals surface area contributed by atoms with E-state index < -0.39 is 0 Å². The smallest absolute Gasteiger partial charge is 0.128 e. The van der Waals surface area contributed by atoms with Crippen LogP contribution in [0.3, 0.4) is 0 Å². The van der Waals surface area contributed by atoms with E-state index in [4.69, 9.17) is 0 Å². The van der Waals surface area contributed by atoms with Crippen molar-refractivity contribution in [2.24, 2.45) is 0 Å². The summed E-state index contributed by atoms with van der Waals surface area (Å²) in [5, 5.41) is 0. The molecular weight excluding hydrogens is 208 g/mol. The zero-order valence-corrected chi connectivity index (χ0v) is 10.2. The molecule has 17 heavy (non-hydrogen) atoms. The molecule has 0 radical (unpaired) electrons. The molecule has 2 heteroatoms. The number of hydrogen-bond donors (Lipinski definition) is 0. The van der Waals surface area contributed by atoms with Crippen molar-refractivity contribution < 1.29 is 0 Å². The molecule has 0 saturated heterocycles. The van der Waals surface area contributed by atoms with Gasteiger partial charge in [-0.25, -0.2) is 4.98 Å². The standard InChI is InChI=1S/C15H18N2/c1-2-12-17(15-10-6-7-11-16-15)13-14-8-4-3-5-9-14/h3-11H,2,12-13H2,1H3. The maximum atomic E-state index is 4.42. The Morgan fingerprint density at radius 3 is 2.41 bits per heavy atom. The minimum atomic E-state index is 0.922. The fraction of sp³-hybridized carbons (Fsp3) is 0.267. The summed E-state index contributed by atoms with van der Waals surface area (Å²) in [6.07, 6.45) is 2.98. The third kappa shape index (κ3) is 3.31. The molecule has 0 aliphatic heterocycles. The lowest BCUT2D eigenvalue weighted by molar-refractivity contribution is 0.755. The van der Waals surface area contributed by atoms with Crippen LogP contribution in [-0.4, -0.2) is 11.5 Å². The van der Waals surface area contributed by atoms with Crippen LogP contribution < -0.4 is 4.90 Å². The number of anilines is 1. The van der Waals surface area contributed by atoms with Gasteiger partial charge in [-0.05, 0) is 24.1 Å². The van der Waals surface area contributed by atoms with Crippen LogP contribution in [0.25, 0.3) is 0 Å². The Kier molecular flexibility index (Phi) is 4.14. The SMILES string of the molecule is CCCN(Cc1ccccc1)c1ccccn1. The second-order valence-electron chi connectivity index (χ2n) is 4.10. The molecule has 2 rings (SSSR count). The monoisotopic (exact) mass is 226 g/mol. The minimum absolute atomic E-state index is 0.922. The summed E-state index contributed by atoms with van der Waals surface area (Å²) >= 11 is 0. The van der Waals surface area contributed by atoms with Gasteiger partial charge < -0.3 is 4.90 Å². The molecule has 1 aromatic heterocycles. The quantitative estimate of drug-likeness (QED) is 0.775. The number of pyridine rings is 1. The van der Waals surface area contributed by atoms with E-state index in [1.165, 1.54) is 5.56 Å². The molecule has 2 aromatic rings. The van der Waals surface area contributed by atoms with E-state index >= 15 is 0 Å². The molecule has 1 aromatic carbocycles. The third-order valence-electron chi connectivity index (χ3n) is 2.68. The van der Waals surface area contributed by atoms with E-state index in [1.54, 1.807) is 0 Å². The molecule has 0 aliphatic rings. The number of hydrogen-bond acceptors (Lipinski definition) is 2. The van der Waals surface area contributed by atoms with Crippen molar-refractivity contribution in [3.8, 4) is 0 Å². The van der Waals surface area contributed by atoms with Crippen LogP contribution in [0.2, 0.25) is 0 Å². The van der Waals surface area contributed by atoms with Crippen molar-refractivity contribution in [2.75, 3.05) is 11.4 Å². The van der Waals surface area contributed by atoms with Crippen LogP contribution in [0.1, 0.15) is 18.9 Å². The summed E-state index contributed by atoms with van der Waals surface area (Å²) in [5.41, 5.74) is 1.33. The lowest BCUT2D eigenvalue weighted by Crippen LogP contribution is -2.24. The first-order chi connectivity index (χ1) is 8.40. The fourth-order valence-corrected chi connectivity index (χ4v) is 1.89. The fourth-order valence-electron chi connectivity index (χ4n) is 1.89. The number of benzene rings is 1. The molecule has 0 saturated carbocycles. The maximum Gasteiger partial charge on any atom is 0.128 e. The molecule has 0 atom stereocenters. The molecule has 0 N–H and O–H groups in total. The Morgan fingerprint density at radius 2 is 1.76 bits per heavy atom. The molecule has 0 amide bonds. The summed E-state index contributed by atoms with van der Waals surface area (Å²) in [4.78, 5) is 6.73. The van der Waals surface area contributed by atoms with E-state index in [9.17, 15) is 0 Å². The van der Waals surface area contributed by atoms with Gasteiger partial charge >= 0.3 is 0 Å². The summed E-state index contributed by atoms with van der Waals surface area (Å²) in [6, 6.07) is 16.6. The highest BCUT2D eigenvalue weighted by atomic mass is 15.2. The molecule has 2 nitrogen and oxygen atoms in total. The molecular formula is C15H18N2. The summed E-state index contributed by atoms with van der Waals surface area (Å²) in [5.74, 6) is 1.05. The average molecular weight is 226 g/mol. The van der Waals surface area contributed by atoms with E-state index in [1.807, 2.05) is 18.3 Å². The van der Waals surface area contributed by atoms with Crippen LogP contribution in [-0.2, 0) is 6.54 Å². The first-order valence-electron chi connectivity index (χ1n) is 6.10. The Labute approximate surface area is 103 Å². The van der Waals surface area contributed by atoms with E-state index in [2.05, 4.69) is 53.2 Å². The van der Waals surface area contributed by atoms with Gasteiger partial charge in [-0.3, -0.25) is 0 Å². The molecule has 88 valence electrons. The number of rotatable bonds is 5. The van der Waals surface area contributed by atoms with Gasteiger partial charge in [0.1, 0.15) is 5.82 Å². The molecule has 0 aliphatic carbocycles. The second kappa shape index (κ2) is 6.04. The van der Waals surface area contributed by atoms with Crippen molar-refractivity contribution in [3.05, 3.63) is 60.3 Å². The highest BCUT2D eigenvalue weighted by Gasteiger charge is 2.06. The second-order valence-corrected chi connectivity index (χ2v) is 4.10. The van der Waals surface area contributed by atoms with Crippen molar-refractivity contribution in [2.45, 2.75) is 19.9 Å². The van der Waals surface area contributed by atoms with Crippen LogP contribution >= 0.6 is 0 Å². The Morgan fingerprint density at radius 1 is 1.00 bits per heavy atom. The van der Waals surface area contributed by atoms with Gasteiger partial charge in [-0.2, -0.15) is 0 Å². The minimum Gasteiger partial charge on any atom is -0.352 e. The van der Waals surface area contributed by atoms with Gasteiger partial charge in [0.15, 0.2) is 0 Å². The Bertz CT molecular complexity index is 425. The normalized spacial score (nSPS) is 10.2. The first kappa shape index (κ1) is 11.6. The third-order valence-corrected chi connectivity index (χ3v) is 2.68. The zero-order valence-electron chi connectivity index (χ0n) is 10.2. The highest BCUT2D eigenvalue weighted by Crippen LogP contribution is 2.14. The van der Waals surface area contributed by atoms with E-state index in [0.29, 0.717) is 0 Å². The Balaban J connectivity index is 2.13. The number of aromatic nitrogens is 1. The largest absolute Gasteiger partial charge is 0.352 e. The lowest BCUT2D eigenvalue weighted by Gasteiger charge is -2.23. The summed E-state index contributed by atoms with van der Waals surface area (Å²) in [7, 11) is 0. The topological polar surface area (TPSA) is 16.1 Å². The summed E-state index contributed by atoms with van der Waals surface area (Å²) < 4.78 is 0. The predicted octanol–water partition coefficient (Wildman–Crippen LogP) is 3.50.